The zero-order valence-corrected chi connectivity index (χ0v) is 8.83. The quantitative estimate of drug-likeness (QED) is 0.670. The third kappa shape index (κ3) is 3.51. The van der Waals surface area contributed by atoms with E-state index in [1.54, 1.807) is 0 Å². The molecule has 1 aliphatic rings. The van der Waals surface area contributed by atoms with Gasteiger partial charge in [-0.2, -0.15) is 5.90 Å². The van der Waals surface area contributed by atoms with Crippen LogP contribution in [0, 0.1) is 5.41 Å². The second-order valence-corrected chi connectivity index (χ2v) is 4.37. The molecule has 1 rings (SSSR count). The summed E-state index contributed by atoms with van der Waals surface area (Å²) in [6.07, 6.45) is 5.37. The second-order valence-electron chi connectivity index (χ2n) is 4.37. The van der Waals surface area contributed by atoms with E-state index in [0.717, 1.165) is 32.1 Å². The van der Waals surface area contributed by atoms with Crippen molar-refractivity contribution in [2.75, 3.05) is 0 Å². The van der Waals surface area contributed by atoms with E-state index in [-0.39, 0.29) is 24.2 Å². The molecule has 0 aromatic heterocycles. The average Bonchev–Trinajstić information content (AvgIpc) is 2.17. The van der Waals surface area contributed by atoms with E-state index in [0.29, 0.717) is 0 Å². The molecule has 86 valence electrons. The number of hydrogen-bond acceptors (Lipinski definition) is 4. The summed E-state index contributed by atoms with van der Waals surface area (Å²) in [6, 6.07) is 0. The highest BCUT2D eigenvalue weighted by molar-refractivity contribution is 5.76. The summed E-state index contributed by atoms with van der Waals surface area (Å²) in [7, 11) is 0. The number of rotatable bonds is 4. The summed E-state index contributed by atoms with van der Waals surface area (Å²) in [6.45, 7) is 0. The summed E-state index contributed by atoms with van der Waals surface area (Å²) in [5, 5.41) is 0. The topological polar surface area (TPSA) is 95.4 Å². The van der Waals surface area contributed by atoms with Crippen LogP contribution in [0.1, 0.15) is 44.9 Å². The minimum Gasteiger partial charge on any atom is -0.373 e. The predicted octanol–water partition coefficient (Wildman–Crippen LogP) is 0.619. The second kappa shape index (κ2) is 5.11. The Bertz CT molecular complexity index is 247. The van der Waals surface area contributed by atoms with Crippen LogP contribution < -0.4 is 11.6 Å². The van der Waals surface area contributed by atoms with Gasteiger partial charge >= 0.3 is 5.97 Å². The third-order valence-corrected chi connectivity index (χ3v) is 3.11. The fourth-order valence-electron chi connectivity index (χ4n) is 2.44. The SMILES string of the molecule is NOC(=O)CC1(CC(N)=O)CCCCC1. The summed E-state index contributed by atoms with van der Waals surface area (Å²) >= 11 is 0. The van der Waals surface area contributed by atoms with Crippen LogP contribution in [0.25, 0.3) is 0 Å². The van der Waals surface area contributed by atoms with Crippen molar-refractivity contribution in [2.45, 2.75) is 44.9 Å². The van der Waals surface area contributed by atoms with Crippen LogP contribution >= 0.6 is 0 Å². The van der Waals surface area contributed by atoms with Crippen molar-refractivity contribution in [1.29, 1.82) is 0 Å². The van der Waals surface area contributed by atoms with Gasteiger partial charge in [0.25, 0.3) is 0 Å². The lowest BCUT2D eigenvalue weighted by Crippen LogP contribution is -2.33. The van der Waals surface area contributed by atoms with Gasteiger partial charge in [0, 0.05) is 6.42 Å². The van der Waals surface area contributed by atoms with E-state index >= 15 is 0 Å². The Kier molecular flexibility index (Phi) is 4.08. The molecule has 0 heterocycles. The molecule has 0 aromatic rings. The van der Waals surface area contributed by atoms with Crippen LogP contribution in [-0.2, 0) is 14.4 Å². The lowest BCUT2D eigenvalue weighted by atomic mass is 9.69. The Balaban J connectivity index is 2.65. The maximum absolute atomic E-state index is 11.2. The molecule has 0 saturated heterocycles. The van der Waals surface area contributed by atoms with Crippen LogP contribution in [0.5, 0.6) is 0 Å². The van der Waals surface area contributed by atoms with Gasteiger partial charge in [-0.15, -0.1) is 0 Å². The minimum absolute atomic E-state index is 0.201. The van der Waals surface area contributed by atoms with Gasteiger partial charge in [-0.25, -0.2) is 0 Å². The van der Waals surface area contributed by atoms with Gasteiger partial charge in [0.05, 0.1) is 6.42 Å². The molecule has 1 aliphatic carbocycles. The normalized spacial score (nSPS) is 19.5. The maximum atomic E-state index is 11.2. The van der Waals surface area contributed by atoms with Crippen molar-refractivity contribution in [3.8, 4) is 0 Å². The standard InChI is InChI=1S/C10H18N2O3/c11-8(13)6-10(7-9(14)15-12)4-2-1-3-5-10/h1-7,12H2,(H2,11,13). The van der Waals surface area contributed by atoms with Gasteiger partial charge in [-0.05, 0) is 18.3 Å². The highest BCUT2D eigenvalue weighted by atomic mass is 16.7. The van der Waals surface area contributed by atoms with Gasteiger partial charge in [-0.1, -0.05) is 19.3 Å². The summed E-state index contributed by atoms with van der Waals surface area (Å²) in [4.78, 5) is 26.3. The fourth-order valence-corrected chi connectivity index (χ4v) is 2.44. The molecule has 5 nitrogen and oxygen atoms in total. The van der Waals surface area contributed by atoms with E-state index in [9.17, 15) is 9.59 Å². The monoisotopic (exact) mass is 214 g/mol. The molecule has 0 spiro atoms. The number of carbonyl (C=O) groups is 2. The molecule has 0 aromatic carbocycles. The smallest absolute Gasteiger partial charge is 0.324 e. The van der Waals surface area contributed by atoms with E-state index in [1.807, 2.05) is 0 Å². The first-order valence-corrected chi connectivity index (χ1v) is 5.26. The molecular weight excluding hydrogens is 196 g/mol. The van der Waals surface area contributed by atoms with Gasteiger partial charge in [0.2, 0.25) is 5.91 Å². The van der Waals surface area contributed by atoms with Crippen LogP contribution in [0.4, 0.5) is 0 Å². The molecule has 4 N–H and O–H groups in total. The largest absolute Gasteiger partial charge is 0.373 e. The Morgan fingerprint density at radius 3 is 2.20 bits per heavy atom. The summed E-state index contributed by atoms with van der Waals surface area (Å²) < 4.78 is 0. The van der Waals surface area contributed by atoms with Crippen molar-refractivity contribution >= 4 is 11.9 Å². The van der Waals surface area contributed by atoms with Crippen LogP contribution in [0.15, 0.2) is 0 Å². The van der Waals surface area contributed by atoms with Crippen molar-refractivity contribution in [3.63, 3.8) is 0 Å². The molecule has 5 heteroatoms. The van der Waals surface area contributed by atoms with Gasteiger partial charge in [0.1, 0.15) is 0 Å². The Morgan fingerprint density at radius 2 is 1.73 bits per heavy atom. The zero-order chi connectivity index (χ0) is 11.3. The first kappa shape index (κ1) is 12.0. The highest BCUT2D eigenvalue weighted by Gasteiger charge is 2.36. The Labute approximate surface area is 89.1 Å². The van der Waals surface area contributed by atoms with Crippen molar-refractivity contribution in [3.05, 3.63) is 0 Å². The number of hydrogen-bond donors (Lipinski definition) is 2. The molecule has 1 fully saturated rings. The van der Waals surface area contributed by atoms with Gasteiger partial charge in [0.15, 0.2) is 0 Å². The van der Waals surface area contributed by atoms with Crippen molar-refractivity contribution in [1.82, 2.24) is 0 Å². The van der Waals surface area contributed by atoms with Crippen molar-refractivity contribution < 1.29 is 14.4 Å². The number of carbonyl (C=O) groups excluding carboxylic acids is 2. The van der Waals surface area contributed by atoms with Crippen LogP contribution in [0.3, 0.4) is 0 Å². The third-order valence-electron chi connectivity index (χ3n) is 3.11. The first-order chi connectivity index (χ1) is 7.08. The van der Waals surface area contributed by atoms with E-state index < -0.39 is 5.97 Å². The lowest BCUT2D eigenvalue weighted by molar-refractivity contribution is -0.148. The lowest BCUT2D eigenvalue weighted by Gasteiger charge is -2.35. The molecule has 0 atom stereocenters. The van der Waals surface area contributed by atoms with E-state index in [4.69, 9.17) is 11.6 Å². The van der Waals surface area contributed by atoms with Crippen LogP contribution in [-0.4, -0.2) is 11.9 Å². The molecular formula is C10H18N2O3. The molecule has 0 aliphatic heterocycles. The van der Waals surface area contributed by atoms with Gasteiger partial charge in [-0.3, -0.25) is 9.59 Å². The molecule has 1 amide bonds. The summed E-state index contributed by atoms with van der Waals surface area (Å²) in [5.74, 6) is 3.99. The van der Waals surface area contributed by atoms with E-state index in [2.05, 4.69) is 4.84 Å². The van der Waals surface area contributed by atoms with E-state index in [1.165, 1.54) is 0 Å². The molecule has 0 radical (unpaired) electrons. The van der Waals surface area contributed by atoms with Crippen molar-refractivity contribution in [2.24, 2.45) is 17.0 Å². The molecule has 1 saturated carbocycles. The molecule has 0 bridgehead atoms. The zero-order valence-electron chi connectivity index (χ0n) is 8.83. The molecule has 15 heavy (non-hydrogen) atoms. The minimum atomic E-state index is -0.460. The number of primary amides is 1. The maximum Gasteiger partial charge on any atom is 0.324 e. The fraction of sp³-hybridized carbons (Fsp3) is 0.800. The number of nitrogens with two attached hydrogens (primary N) is 2. The molecule has 0 unspecified atom stereocenters. The summed E-state index contributed by atoms with van der Waals surface area (Å²) in [5.41, 5.74) is 4.90. The Morgan fingerprint density at radius 1 is 1.13 bits per heavy atom. The van der Waals surface area contributed by atoms with Crippen LogP contribution in [0.2, 0.25) is 0 Å². The highest BCUT2D eigenvalue weighted by Crippen LogP contribution is 2.42. The predicted molar refractivity (Wildman–Crippen MR) is 54.2 cm³/mol. The number of amides is 1. The van der Waals surface area contributed by atoms with Gasteiger partial charge < -0.3 is 10.6 Å². The first-order valence-electron chi connectivity index (χ1n) is 5.26. The Hall–Kier alpha value is -1.10. The average molecular weight is 214 g/mol.